The number of benzene rings is 2. The van der Waals surface area contributed by atoms with Gasteiger partial charge >= 0.3 is 4.87 Å². The van der Waals surface area contributed by atoms with Gasteiger partial charge < -0.3 is 9.73 Å². The number of nitrogens with zero attached hydrogens (tertiary/aromatic N) is 2. The van der Waals surface area contributed by atoms with Crippen molar-refractivity contribution in [3.05, 3.63) is 97.5 Å². The van der Waals surface area contributed by atoms with Crippen molar-refractivity contribution in [1.29, 1.82) is 0 Å². The van der Waals surface area contributed by atoms with Crippen LogP contribution in [0.15, 0.2) is 85.6 Å². The largest absolute Gasteiger partial charge is 0.469 e. The average molecular weight is 614 g/mol. The summed E-state index contributed by atoms with van der Waals surface area (Å²) in [4.78, 5) is 54.6. The predicted molar refractivity (Wildman–Crippen MR) is 144 cm³/mol. The molecule has 0 saturated carbocycles. The van der Waals surface area contributed by atoms with E-state index in [1.807, 2.05) is 0 Å². The molecule has 0 bridgehead atoms. The molecule has 2 aromatic heterocycles. The van der Waals surface area contributed by atoms with Crippen LogP contribution in [0.2, 0.25) is 0 Å². The smallest absolute Gasteiger partial charge is 0.308 e. The molecule has 0 radical (unpaired) electrons. The molecule has 12 heteroatoms. The summed E-state index contributed by atoms with van der Waals surface area (Å²) >= 11 is 5.42. The highest BCUT2D eigenvalue weighted by Crippen LogP contribution is 2.53. The summed E-state index contributed by atoms with van der Waals surface area (Å²) in [5.41, 5.74) is 0.840. The first-order chi connectivity index (χ1) is 18.3. The van der Waals surface area contributed by atoms with Crippen LogP contribution < -0.4 is 15.1 Å². The highest BCUT2D eigenvalue weighted by Gasteiger charge is 2.57. The maximum atomic E-state index is 13.7. The quantitative estimate of drug-likeness (QED) is 0.323. The number of hydrogen-bond acceptors (Lipinski definition) is 7. The third-order valence-corrected chi connectivity index (χ3v) is 9.55. The first-order valence-electron chi connectivity index (χ1n) is 11.4. The molecule has 1 saturated heterocycles. The van der Waals surface area contributed by atoms with E-state index in [-0.39, 0.29) is 12.5 Å². The summed E-state index contributed by atoms with van der Waals surface area (Å²) in [6, 6.07) is 15.6. The Bertz CT molecular complexity index is 1620. The second-order valence-corrected chi connectivity index (χ2v) is 11.8. The summed E-state index contributed by atoms with van der Waals surface area (Å²) in [6.07, 6.45) is 1.48. The molecule has 1 fully saturated rings. The first-order valence-corrected chi connectivity index (χ1v) is 13.9. The van der Waals surface area contributed by atoms with Gasteiger partial charge in [0.1, 0.15) is 23.4 Å². The van der Waals surface area contributed by atoms with Gasteiger partial charge in [0, 0.05) is 10.2 Å². The Morgan fingerprint density at radius 1 is 1.03 bits per heavy atom. The van der Waals surface area contributed by atoms with Crippen molar-refractivity contribution < 1.29 is 23.2 Å². The number of furan rings is 1. The highest BCUT2D eigenvalue weighted by atomic mass is 79.9. The van der Waals surface area contributed by atoms with E-state index >= 15 is 0 Å². The van der Waals surface area contributed by atoms with E-state index in [4.69, 9.17) is 4.42 Å². The topological polar surface area (TPSA) is 102 Å². The minimum Gasteiger partial charge on any atom is -0.469 e. The number of fused-ring (bicyclic) bond motifs is 2. The fraction of sp³-hybridized carbons (Fsp3) is 0.154. The standard InChI is InChI=1S/C26H17BrFN3O5S2/c27-13-3-9-16(10-4-13)31-23(33)20-19(17-2-1-11-36-17)22-25(37-21(20)24(31)34)30(26(35)38-22)12-18(32)29-15-7-5-14(28)6-8-15/h1-11,19-21H,12H2,(H,29,32). The van der Waals surface area contributed by atoms with Crippen LogP contribution in [-0.2, 0) is 20.9 Å². The Morgan fingerprint density at radius 3 is 2.45 bits per heavy atom. The van der Waals surface area contributed by atoms with Gasteiger partial charge in [-0.15, -0.1) is 0 Å². The van der Waals surface area contributed by atoms with Crippen molar-refractivity contribution in [3.63, 3.8) is 0 Å². The van der Waals surface area contributed by atoms with E-state index in [1.165, 1.54) is 40.0 Å². The molecule has 0 spiro atoms. The van der Waals surface area contributed by atoms with Gasteiger partial charge in [-0.25, -0.2) is 9.29 Å². The van der Waals surface area contributed by atoms with Crippen molar-refractivity contribution in [1.82, 2.24) is 4.57 Å². The van der Waals surface area contributed by atoms with Gasteiger partial charge in [0.25, 0.3) is 0 Å². The zero-order chi connectivity index (χ0) is 26.6. The second-order valence-electron chi connectivity index (χ2n) is 8.72. The minimum atomic E-state index is -0.811. The molecular formula is C26H17BrFN3O5S2. The monoisotopic (exact) mass is 613 g/mol. The van der Waals surface area contributed by atoms with Crippen molar-refractivity contribution in [2.45, 2.75) is 22.7 Å². The molecule has 4 aromatic rings. The Kier molecular flexibility index (Phi) is 6.33. The number of halogens is 2. The summed E-state index contributed by atoms with van der Waals surface area (Å²) in [5, 5.41) is 2.30. The number of nitrogens with one attached hydrogen (secondary N) is 1. The third-order valence-electron chi connectivity index (χ3n) is 6.41. The lowest BCUT2D eigenvalue weighted by Gasteiger charge is -2.29. The number of thiazole rings is 1. The van der Waals surface area contributed by atoms with Crippen LogP contribution in [-0.4, -0.2) is 27.5 Å². The molecule has 2 aromatic carbocycles. The summed E-state index contributed by atoms with van der Waals surface area (Å²) in [5.74, 6) is -2.67. The number of aromatic nitrogens is 1. The molecule has 38 heavy (non-hydrogen) atoms. The zero-order valence-electron chi connectivity index (χ0n) is 19.3. The summed E-state index contributed by atoms with van der Waals surface area (Å²) in [7, 11) is 0. The van der Waals surface area contributed by atoms with E-state index in [0.717, 1.165) is 27.6 Å². The van der Waals surface area contributed by atoms with E-state index in [1.54, 1.807) is 36.4 Å². The molecule has 3 amide bonds. The summed E-state index contributed by atoms with van der Waals surface area (Å²) < 4.78 is 21.0. The lowest BCUT2D eigenvalue weighted by atomic mass is 9.87. The third kappa shape index (κ3) is 4.22. The van der Waals surface area contributed by atoms with Crippen molar-refractivity contribution in [2.75, 3.05) is 10.2 Å². The van der Waals surface area contributed by atoms with Crippen LogP contribution in [0, 0.1) is 11.7 Å². The van der Waals surface area contributed by atoms with Gasteiger partial charge in [-0.1, -0.05) is 39.0 Å². The number of rotatable bonds is 5. The van der Waals surface area contributed by atoms with Crippen LogP contribution in [0.25, 0.3) is 0 Å². The van der Waals surface area contributed by atoms with Crippen LogP contribution in [0.3, 0.4) is 0 Å². The normalized spacial score (nSPS) is 20.4. The minimum absolute atomic E-state index is 0.310. The Labute approximate surface area is 231 Å². The molecule has 6 rings (SSSR count). The van der Waals surface area contributed by atoms with Gasteiger partial charge in [0.15, 0.2) is 0 Å². The van der Waals surface area contributed by atoms with E-state index in [0.29, 0.717) is 27.0 Å². The van der Waals surface area contributed by atoms with Gasteiger partial charge in [0.05, 0.1) is 33.7 Å². The number of thioether (sulfide) groups is 1. The number of carbonyl (C=O) groups excluding carboxylic acids is 3. The van der Waals surface area contributed by atoms with Gasteiger partial charge in [-0.3, -0.25) is 23.7 Å². The van der Waals surface area contributed by atoms with Gasteiger partial charge in [-0.05, 0) is 60.7 Å². The summed E-state index contributed by atoms with van der Waals surface area (Å²) in [6.45, 7) is -0.310. The van der Waals surface area contributed by atoms with E-state index in [9.17, 15) is 23.6 Å². The molecule has 8 nitrogen and oxygen atoms in total. The second kappa shape index (κ2) is 9.68. The fourth-order valence-corrected chi connectivity index (χ4v) is 7.77. The van der Waals surface area contributed by atoms with E-state index < -0.39 is 39.6 Å². The Hall–Kier alpha value is -3.48. The van der Waals surface area contributed by atoms with Crippen molar-refractivity contribution in [3.8, 4) is 0 Å². The first kappa shape index (κ1) is 24.8. The molecule has 1 N–H and O–H groups in total. The fourth-order valence-electron chi connectivity index (χ4n) is 4.75. The number of hydrogen-bond donors (Lipinski definition) is 1. The zero-order valence-corrected chi connectivity index (χ0v) is 22.5. The number of anilines is 2. The van der Waals surface area contributed by atoms with Crippen LogP contribution in [0.5, 0.6) is 0 Å². The molecule has 2 aliphatic rings. The van der Waals surface area contributed by atoms with Crippen LogP contribution >= 0.6 is 39.0 Å². The van der Waals surface area contributed by atoms with Gasteiger partial charge in [0.2, 0.25) is 17.7 Å². The predicted octanol–water partition coefficient (Wildman–Crippen LogP) is 4.84. The molecule has 0 aliphatic carbocycles. The number of amides is 3. The molecule has 3 atom stereocenters. The SMILES string of the molecule is O=C(Cn1c2c(sc1=O)C(c1ccco1)C1C(=O)N(c3ccc(Br)cc3)C(=O)C1S2)Nc1ccc(F)cc1. The molecular weight excluding hydrogens is 597 g/mol. The van der Waals surface area contributed by atoms with Crippen LogP contribution in [0.1, 0.15) is 16.6 Å². The molecule has 192 valence electrons. The molecule has 2 aliphatic heterocycles. The highest BCUT2D eigenvalue weighted by molar-refractivity contribution is 9.10. The van der Waals surface area contributed by atoms with Crippen molar-refractivity contribution in [2.24, 2.45) is 5.92 Å². The van der Waals surface area contributed by atoms with Crippen LogP contribution in [0.4, 0.5) is 15.8 Å². The maximum absolute atomic E-state index is 13.7. The molecule has 4 heterocycles. The Balaban J connectivity index is 1.38. The molecule has 3 unspecified atom stereocenters. The van der Waals surface area contributed by atoms with Crippen molar-refractivity contribution >= 4 is 68.1 Å². The lowest BCUT2D eigenvalue weighted by Crippen LogP contribution is -2.32. The number of carbonyl (C=O) groups is 3. The van der Waals surface area contributed by atoms with Gasteiger partial charge in [-0.2, -0.15) is 0 Å². The maximum Gasteiger partial charge on any atom is 0.308 e. The lowest BCUT2D eigenvalue weighted by molar-refractivity contribution is -0.122. The van der Waals surface area contributed by atoms with E-state index in [2.05, 4.69) is 21.2 Å². The number of imide groups is 1. The average Bonchev–Trinajstić information content (AvgIpc) is 3.59. The Morgan fingerprint density at radius 2 is 1.76 bits per heavy atom.